The van der Waals surface area contributed by atoms with Gasteiger partial charge in [-0.1, -0.05) is 0 Å². The molecule has 114 valence electrons. The van der Waals surface area contributed by atoms with Gasteiger partial charge >= 0.3 is 0 Å². The minimum absolute atomic E-state index is 0.273. The number of hydrogen-bond donors (Lipinski definition) is 3. The Labute approximate surface area is 123 Å². The van der Waals surface area contributed by atoms with Crippen molar-refractivity contribution in [2.45, 2.75) is 13.8 Å². The fourth-order valence-corrected chi connectivity index (χ4v) is 1.53. The highest BCUT2D eigenvalue weighted by atomic mass is 16.5. The quantitative estimate of drug-likeness (QED) is 0.727. The molecule has 7 nitrogen and oxygen atoms in total. The van der Waals surface area contributed by atoms with Gasteiger partial charge in [0.2, 0.25) is 0 Å². The lowest BCUT2D eigenvalue weighted by molar-refractivity contribution is 0.173. The van der Waals surface area contributed by atoms with Crippen LogP contribution in [0.25, 0.3) is 0 Å². The summed E-state index contributed by atoms with van der Waals surface area (Å²) in [5.74, 6) is 0.990. The zero-order chi connectivity index (χ0) is 16.0. The van der Waals surface area contributed by atoms with Crippen molar-refractivity contribution in [2.24, 2.45) is 0 Å². The first-order valence-corrected chi connectivity index (χ1v) is 6.16. The van der Waals surface area contributed by atoms with Gasteiger partial charge in [-0.3, -0.25) is 10.4 Å². The second-order valence-corrected chi connectivity index (χ2v) is 4.31. The van der Waals surface area contributed by atoms with E-state index in [0.29, 0.717) is 22.9 Å². The van der Waals surface area contributed by atoms with Crippen LogP contribution < -0.4 is 20.6 Å². The van der Waals surface area contributed by atoms with E-state index in [4.69, 9.17) is 25.8 Å². The maximum absolute atomic E-state index is 9.11. The topological polar surface area (TPSA) is 106 Å². The first kappa shape index (κ1) is 16.4. The van der Waals surface area contributed by atoms with E-state index in [1.165, 1.54) is 19.4 Å². The van der Waals surface area contributed by atoms with Crippen molar-refractivity contribution < 1.29 is 14.7 Å². The highest BCUT2D eigenvalue weighted by Gasteiger charge is 1.98. The van der Waals surface area contributed by atoms with Crippen LogP contribution in [-0.4, -0.2) is 29.1 Å². The van der Waals surface area contributed by atoms with E-state index >= 15 is 0 Å². The van der Waals surface area contributed by atoms with Crippen LogP contribution in [0.4, 0.5) is 5.69 Å². The third-order valence-corrected chi connectivity index (χ3v) is 2.69. The summed E-state index contributed by atoms with van der Waals surface area (Å²) in [6, 6.07) is 3.30. The molecule has 2 rings (SSSR count). The molecule has 0 saturated carbocycles. The Morgan fingerprint density at radius 3 is 2.33 bits per heavy atom. The molecule has 4 N–H and O–H groups in total. The number of hydrogen-bond acceptors (Lipinski definition) is 6. The highest BCUT2D eigenvalue weighted by molar-refractivity contribution is 5.51. The lowest BCUT2D eigenvalue weighted by atomic mass is 10.3. The van der Waals surface area contributed by atoms with Gasteiger partial charge in [-0.15, -0.1) is 0 Å². The van der Waals surface area contributed by atoms with Crippen LogP contribution in [0, 0.1) is 19.3 Å². The number of pyridine rings is 2. The van der Waals surface area contributed by atoms with Gasteiger partial charge in [0.05, 0.1) is 43.4 Å². The number of ether oxygens (including phenoxy) is 2. The number of rotatable bonds is 2. The van der Waals surface area contributed by atoms with Crippen LogP contribution in [0.15, 0.2) is 24.5 Å². The van der Waals surface area contributed by atoms with E-state index in [1.807, 2.05) is 6.92 Å². The molecular weight excluding hydrogens is 272 g/mol. The average Bonchev–Trinajstić information content (AvgIpc) is 2.44. The molecular formula is C14H20N4O3. The van der Waals surface area contributed by atoms with Crippen LogP contribution in [0.1, 0.15) is 11.4 Å². The van der Waals surface area contributed by atoms with Crippen molar-refractivity contribution in [3.8, 4) is 11.5 Å². The van der Waals surface area contributed by atoms with Crippen molar-refractivity contribution in [2.75, 3.05) is 20.0 Å². The molecule has 21 heavy (non-hydrogen) atoms. The molecule has 0 spiro atoms. The molecule has 0 saturated heterocycles. The Balaban J connectivity index is 0.000000211. The highest BCUT2D eigenvalue weighted by Crippen LogP contribution is 2.18. The number of aromatic nitrogens is 2. The Morgan fingerprint density at radius 1 is 1.19 bits per heavy atom. The minimum Gasteiger partial charge on any atom is -0.493 e. The molecule has 2 aromatic rings. The number of anilines is 1. The van der Waals surface area contributed by atoms with Gasteiger partial charge < -0.3 is 20.4 Å². The summed E-state index contributed by atoms with van der Waals surface area (Å²) < 4.78 is 10.7. The van der Waals surface area contributed by atoms with Crippen LogP contribution >= 0.6 is 0 Å². The van der Waals surface area contributed by atoms with Crippen LogP contribution in [0.2, 0.25) is 0 Å². The average molecular weight is 292 g/mol. The largest absolute Gasteiger partial charge is 0.493 e. The van der Waals surface area contributed by atoms with Gasteiger partial charge in [0.15, 0.2) is 11.5 Å². The molecule has 0 bridgehead atoms. The molecule has 0 radical (unpaired) electrons. The number of nitrogens with two attached hydrogens (primary N) is 1. The maximum atomic E-state index is 9.11. The molecule has 2 heterocycles. The van der Waals surface area contributed by atoms with Crippen molar-refractivity contribution >= 4 is 5.69 Å². The van der Waals surface area contributed by atoms with Crippen molar-refractivity contribution in [1.82, 2.24) is 9.71 Å². The van der Waals surface area contributed by atoms with E-state index in [9.17, 15) is 0 Å². The second-order valence-electron chi connectivity index (χ2n) is 4.31. The summed E-state index contributed by atoms with van der Waals surface area (Å²) in [6.07, 6.45) is 2.97. The van der Waals surface area contributed by atoms with E-state index in [0.717, 1.165) is 10.4 Å². The smallest absolute Gasteiger partial charge is 0.163 e. The summed E-state index contributed by atoms with van der Waals surface area (Å²) in [6.45, 7) is 3.59. The molecule has 0 aromatic carbocycles. The van der Waals surface area contributed by atoms with Gasteiger partial charge in [0.25, 0.3) is 0 Å². The lowest BCUT2D eigenvalue weighted by Crippen LogP contribution is -2.10. The van der Waals surface area contributed by atoms with E-state index in [2.05, 4.69) is 4.98 Å². The number of nitrogens with one attached hydrogen (secondary N) is 1. The zero-order valence-electron chi connectivity index (χ0n) is 12.5. The number of aryl methyl sites for hydroxylation is 2. The molecule has 0 aliphatic rings. The third-order valence-electron chi connectivity index (χ3n) is 2.69. The third kappa shape index (κ3) is 4.41. The van der Waals surface area contributed by atoms with Crippen molar-refractivity contribution in [1.29, 1.82) is 5.41 Å². The molecule has 0 aliphatic heterocycles. The maximum Gasteiger partial charge on any atom is 0.163 e. The van der Waals surface area contributed by atoms with Gasteiger partial charge in [0, 0.05) is 5.69 Å². The van der Waals surface area contributed by atoms with Crippen molar-refractivity contribution in [3.63, 3.8) is 0 Å². The Bertz CT molecular complexity index is 668. The predicted octanol–water partition coefficient (Wildman–Crippen LogP) is 1.50. The fraction of sp³-hybridized carbons (Fsp3) is 0.286. The lowest BCUT2D eigenvalue weighted by Gasteiger charge is -2.04. The molecule has 0 unspecified atom stereocenters. The SMILES string of the molecule is COc1cn(O)c(C)cc1=N.COc1cnc(C)cc1N. The van der Waals surface area contributed by atoms with E-state index in [1.54, 1.807) is 26.3 Å². The van der Waals surface area contributed by atoms with Gasteiger partial charge in [-0.2, -0.15) is 4.73 Å². The standard InChI is InChI=1S/C7H10N2O2.C7H10N2O/c1-5-3-6(8)7(11-2)4-9(5)10;1-5-3-6(8)7(10-2)4-9-5/h3-4,8,10H,1-2H3;3-4H,1-2H3,(H2,8,9). The minimum atomic E-state index is 0.273. The molecule has 7 heteroatoms. The van der Waals surface area contributed by atoms with Crippen LogP contribution in [-0.2, 0) is 0 Å². The monoisotopic (exact) mass is 292 g/mol. The number of nitrogen functional groups attached to an aromatic ring is 1. The summed E-state index contributed by atoms with van der Waals surface area (Å²) >= 11 is 0. The molecule has 0 atom stereocenters. The first-order chi connectivity index (χ1) is 9.88. The van der Waals surface area contributed by atoms with Gasteiger partial charge in [0.1, 0.15) is 0 Å². The summed E-state index contributed by atoms with van der Waals surface area (Å²) in [4.78, 5) is 4.01. The molecule has 0 fully saturated rings. The molecule has 0 amide bonds. The van der Waals surface area contributed by atoms with Gasteiger partial charge in [-0.25, -0.2) is 0 Å². The number of nitrogens with zero attached hydrogens (tertiary/aromatic N) is 2. The van der Waals surface area contributed by atoms with Gasteiger partial charge in [-0.05, 0) is 26.0 Å². The Kier molecular flexibility index (Phi) is 5.59. The summed E-state index contributed by atoms with van der Waals surface area (Å²) in [7, 11) is 3.03. The Morgan fingerprint density at radius 2 is 1.81 bits per heavy atom. The van der Waals surface area contributed by atoms with Crippen molar-refractivity contribution in [3.05, 3.63) is 41.3 Å². The predicted molar refractivity (Wildman–Crippen MR) is 78.7 cm³/mol. The molecule has 2 aromatic heterocycles. The number of methoxy groups -OCH3 is 2. The molecule has 0 aliphatic carbocycles. The van der Waals surface area contributed by atoms with Crippen LogP contribution in [0.5, 0.6) is 11.5 Å². The van der Waals surface area contributed by atoms with Crippen LogP contribution in [0.3, 0.4) is 0 Å². The second kappa shape index (κ2) is 7.18. The fourth-order valence-electron chi connectivity index (χ4n) is 1.53. The van der Waals surface area contributed by atoms with E-state index < -0.39 is 0 Å². The first-order valence-electron chi connectivity index (χ1n) is 6.16. The Hall–Kier alpha value is -2.70. The summed E-state index contributed by atoms with van der Waals surface area (Å²) in [5.41, 5.74) is 7.71. The summed E-state index contributed by atoms with van der Waals surface area (Å²) in [5, 5.41) is 16.7. The normalized spacial score (nSPS) is 9.52. The van der Waals surface area contributed by atoms with E-state index in [-0.39, 0.29) is 5.36 Å². The zero-order valence-corrected chi connectivity index (χ0v) is 12.5.